The normalized spacial score (nSPS) is 30.8. The lowest BCUT2D eigenvalue weighted by atomic mass is 9.82. The zero-order valence-corrected chi connectivity index (χ0v) is 10.00. The molecule has 0 bridgehead atoms. The van der Waals surface area contributed by atoms with Crippen molar-refractivity contribution in [3.05, 3.63) is 0 Å². The lowest BCUT2D eigenvalue weighted by Gasteiger charge is -2.33. The van der Waals surface area contributed by atoms with Gasteiger partial charge < -0.3 is 15.4 Å². The fourth-order valence-corrected chi connectivity index (χ4v) is 2.45. The van der Waals surface area contributed by atoms with Crippen LogP contribution in [0.2, 0.25) is 0 Å². The summed E-state index contributed by atoms with van der Waals surface area (Å²) in [6, 6.07) is 0.402. The first-order valence-electron chi connectivity index (χ1n) is 6.35. The van der Waals surface area contributed by atoms with Crippen LogP contribution in [0.15, 0.2) is 0 Å². The predicted molar refractivity (Wildman–Crippen MR) is 62.2 cm³/mol. The molecule has 2 fully saturated rings. The molecule has 0 aromatic rings. The Labute approximate surface area is 97.1 Å². The fraction of sp³-hybridized carbons (Fsp3) is 0.917. The number of rotatable bonds is 4. The van der Waals surface area contributed by atoms with Gasteiger partial charge in [-0.05, 0) is 44.7 Å². The van der Waals surface area contributed by atoms with Crippen LogP contribution in [0, 0.1) is 5.92 Å². The van der Waals surface area contributed by atoms with Gasteiger partial charge in [0.05, 0.1) is 6.10 Å². The van der Waals surface area contributed by atoms with E-state index in [1.165, 1.54) is 0 Å². The largest absolute Gasteiger partial charge is 0.368 e. The van der Waals surface area contributed by atoms with Crippen LogP contribution in [0.5, 0.6) is 0 Å². The van der Waals surface area contributed by atoms with E-state index in [1.807, 2.05) is 0 Å². The summed E-state index contributed by atoms with van der Waals surface area (Å²) in [4.78, 5) is 11.5. The van der Waals surface area contributed by atoms with Gasteiger partial charge in [-0.2, -0.15) is 0 Å². The second kappa shape index (κ2) is 5.64. The summed E-state index contributed by atoms with van der Waals surface area (Å²) in [5.74, 6) is 0.825. The zero-order valence-electron chi connectivity index (χ0n) is 10.00. The Bertz CT molecular complexity index is 233. The molecule has 0 atom stereocenters. The van der Waals surface area contributed by atoms with Gasteiger partial charge in [0.1, 0.15) is 6.61 Å². The first-order valence-corrected chi connectivity index (χ1v) is 6.35. The van der Waals surface area contributed by atoms with Crippen LogP contribution in [-0.4, -0.2) is 37.7 Å². The first-order chi connectivity index (χ1) is 7.74. The molecule has 92 valence electrons. The highest BCUT2D eigenvalue weighted by Crippen LogP contribution is 2.26. The summed E-state index contributed by atoms with van der Waals surface area (Å²) in [6.45, 7) is 4.46. The van der Waals surface area contributed by atoms with Gasteiger partial charge >= 0.3 is 0 Å². The van der Waals surface area contributed by atoms with Crippen LogP contribution >= 0.6 is 0 Å². The number of hydrogen-bond acceptors (Lipinski definition) is 3. The lowest BCUT2D eigenvalue weighted by Crippen LogP contribution is -2.45. The Kier molecular flexibility index (Phi) is 4.18. The van der Waals surface area contributed by atoms with Gasteiger partial charge in [0.25, 0.3) is 0 Å². The summed E-state index contributed by atoms with van der Waals surface area (Å²) in [5, 5.41) is 6.28. The smallest absolute Gasteiger partial charge is 0.246 e. The van der Waals surface area contributed by atoms with Crippen molar-refractivity contribution in [2.75, 3.05) is 19.7 Å². The molecule has 1 aliphatic heterocycles. The molecule has 16 heavy (non-hydrogen) atoms. The summed E-state index contributed by atoms with van der Waals surface area (Å²) < 4.78 is 5.59. The minimum Gasteiger partial charge on any atom is -0.368 e. The van der Waals surface area contributed by atoms with E-state index in [0.717, 1.165) is 44.7 Å². The van der Waals surface area contributed by atoms with E-state index in [0.29, 0.717) is 6.04 Å². The first kappa shape index (κ1) is 11.9. The molecule has 2 aliphatic rings. The van der Waals surface area contributed by atoms with Crippen LogP contribution in [0.25, 0.3) is 0 Å². The van der Waals surface area contributed by atoms with Crippen molar-refractivity contribution in [3.8, 4) is 0 Å². The molecule has 2 rings (SSSR count). The maximum atomic E-state index is 11.5. The van der Waals surface area contributed by atoms with Crippen molar-refractivity contribution in [1.82, 2.24) is 10.6 Å². The van der Waals surface area contributed by atoms with Gasteiger partial charge in [-0.15, -0.1) is 0 Å². The van der Waals surface area contributed by atoms with Crippen LogP contribution in [0.4, 0.5) is 0 Å². The van der Waals surface area contributed by atoms with Crippen molar-refractivity contribution in [3.63, 3.8) is 0 Å². The van der Waals surface area contributed by atoms with Crippen LogP contribution in [0.1, 0.15) is 32.6 Å². The van der Waals surface area contributed by atoms with E-state index < -0.39 is 0 Å². The van der Waals surface area contributed by atoms with Gasteiger partial charge in [-0.1, -0.05) is 6.92 Å². The fourth-order valence-electron chi connectivity index (χ4n) is 2.45. The maximum Gasteiger partial charge on any atom is 0.246 e. The van der Waals surface area contributed by atoms with Crippen LogP contribution in [-0.2, 0) is 9.53 Å². The summed E-state index contributed by atoms with van der Waals surface area (Å²) in [5.41, 5.74) is 0. The monoisotopic (exact) mass is 226 g/mol. The third-order valence-electron chi connectivity index (χ3n) is 3.48. The molecule has 1 amide bonds. The molecule has 1 saturated heterocycles. The molecule has 1 aliphatic carbocycles. The van der Waals surface area contributed by atoms with Crippen LogP contribution < -0.4 is 10.6 Å². The third kappa shape index (κ3) is 3.46. The number of carbonyl (C=O) groups is 1. The Morgan fingerprint density at radius 1 is 1.38 bits per heavy atom. The molecule has 1 heterocycles. The maximum absolute atomic E-state index is 11.5. The van der Waals surface area contributed by atoms with Gasteiger partial charge in [0, 0.05) is 6.04 Å². The van der Waals surface area contributed by atoms with E-state index in [-0.39, 0.29) is 18.6 Å². The second-order valence-electron chi connectivity index (χ2n) is 5.10. The summed E-state index contributed by atoms with van der Waals surface area (Å²) >= 11 is 0. The molecule has 0 radical (unpaired) electrons. The molecule has 2 N–H and O–H groups in total. The molecule has 0 spiro atoms. The minimum atomic E-state index is 0.0513. The van der Waals surface area contributed by atoms with E-state index >= 15 is 0 Å². The summed E-state index contributed by atoms with van der Waals surface area (Å²) in [7, 11) is 0. The van der Waals surface area contributed by atoms with E-state index in [9.17, 15) is 4.79 Å². The molecule has 4 heteroatoms. The third-order valence-corrected chi connectivity index (χ3v) is 3.48. The van der Waals surface area contributed by atoms with Gasteiger partial charge in [0.15, 0.2) is 0 Å². The number of hydrogen-bond donors (Lipinski definition) is 2. The standard InChI is InChI=1S/C12H22N2O2/c1-9-6-10(7-9)14-12(15)8-16-11-2-4-13-5-3-11/h9-11,13H,2-8H2,1H3,(H,14,15). The topological polar surface area (TPSA) is 50.4 Å². The quantitative estimate of drug-likeness (QED) is 0.741. The van der Waals surface area contributed by atoms with E-state index in [1.54, 1.807) is 0 Å². The van der Waals surface area contributed by atoms with Crippen LogP contribution in [0.3, 0.4) is 0 Å². The van der Waals surface area contributed by atoms with Gasteiger partial charge in [-0.25, -0.2) is 0 Å². The number of piperidine rings is 1. The second-order valence-corrected chi connectivity index (χ2v) is 5.10. The van der Waals surface area contributed by atoms with Gasteiger partial charge in [0.2, 0.25) is 5.91 Å². The van der Waals surface area contributed by atoms with Gasteiger partial charge in [-0.3, -0.25) is 4.79 Å². The van der Waals surface area contributed by atoms with Crippen molar-refractivity contribution in [2.24, 2.45) is 5.92 Å². The highest BCUT2D eigenvalue weighted by Gasteiger charge is 2.26. The lowest BCUT2D eigenvalue weighted by molar-refractivity contribution is -0.129. The summed E-state index contributed by atoms with van der Waals surface area (Å²) in [6.07, 6.45) is 4.56. The van der Waals surface area contributed by atoms with E-state index in [2.05, 4.69) is 17.6 Å². The molecule has 4 nitrogen and oxygen atoms in total. The number of ether oxygens (including phenoxy) is 1. The zero-order chi connectivity index (χ0) is 11.4. The SMILES string of the molecule is CC1CC(NC(=O)COC2CCNCC2)C1. The average molecular weight is 226 g/mol. The molecular weight excluding hydrogens is 204 g/mol. The number of amides is 1. The molecular formula is C12H22N2O2. The van der Waals surface area contributed by atoms with Crippen molar-refractivity contribution in [2.45, 2.75) is 44.8 Å². The predicted octanol–water partition coefficient (Wildman–Crippen LogP) is 0.670. The highest BCUT2D eigenvalue weighted by molar-refractivity contribution is 5.77. The Morgan fingerprint density at radius 3 is 2.69 bits per heavy atom. The molecule has 0 unspecified atom stereocenters. The number of carbonyl (C=O) groups excluding carboxylic acids is 1. The Morgan fingerprint density at radius 2 is 2.06 bits per heavy atom. The number of nitrogens with one attached hydrogen (secondary N) is 2. The Hall–Kier alpha value is -0.610. The Balaban J connectivity index is 1.56. The molecule has 0 aromatic heterocycles. The average Bonchev–Trinajstić information content (AvgIpc) is 2.26. The van der Waals surface area contributed by atoms with Crippen molar-refractivity contribution in [1.29, 1.82) is 0 Å². The van der Waals surface area contributed by atoms with Crippen molar-refractivity contribution >= 4 is 5.91 Å². The molecule has 1 saturated carbocycles. The van der Waals surface area contributed by atoms with Crippen molar-refractivity contribution < 1.29 is 9.53 Å². The van der Waals surface area contributed by atoms with E-state index in [4.69, 9.17) is 4.74 Å². The minimum absolute atomic E-state index is 0.0513. The highest BCUT2D eigenvalue weighted by atomic mass is 16.5. The molecule has 0 aromatic carbocycles.